The van der Waals surface area contributed by atoms with Gasteiger partial charge in [0, 0.05) is 31.1 Å². The summed E-state index contributed by atoms with van der Waals surface area (Å²) in [5.41, 5.74) is 3.16. The molecule has 0 saturated carbocycles. The molecular formula is C17H24N2. The van der Waals surface area contributed by atoms with Gasteiger partial charge < -0.3 is 5.32 Å². The summed E-state index contributed by atoms with van der Waals surface area (Å²) in [5.74, 6) is 0.772. The molecule has 0 radical (unpaired) electrons. The van der Waals surface area contributed by atoms with Gasteiger partial charge in [-0.2, -0.15) is 0 Å². The minimum atomic E-state index is 0.757. The third-order valence-corrected chi connectivity index (χ3v) is 5.44. The number of hydrogen-bond acceptors (Lipinski definition) is 2. The van der Waals surface area contributed by atoms with E-state index in [1.165, 1.54) is 51.7 Å². The van der Waals surface area contributed by atoms with Crippen LogP contribution in [0.1, 0.15) is 42.7 Å². The maximum Gasteiger partial charge on any atom is 0.0249 e. The minimum absolute atomic E-state index is 0.757. The van der Waals surface area contributed by atoms with Crippen LogP contribution in [0.15, 0.2) is 24.3 Å². The summed E-state index contributed by atoms with van der Waals surface area (Å²) in [6.07, 6.45) is 6.91. The average Bonchev–Trinajstić information content (AvgIpc) is 2.83. The second-order valence-corrected chi connectivity index (χ2v) is 6.50. The molecule has 1 aromatic carbocycles. The van der Waals surface area contributed by atoms with Crippen molar-refractivity contribution in [2.24, 2.45) is 0 Å². The average molecular weight is 256 g/mol. The molecule has 4 rings (SSSR count). The van der Waals surface area contributed by atoms with Crippen LogP contribution in [0.5, 0.6) is 0 Å². The molecule has 3 aliphatic rings. The second kappa shape index (κ2) is 4.92. The quantitative estimate of drug-likeness (QED) is 0.894. The van der Waals surface area contributed by atoms with E-state index in [1.54, 1.807) is 11.1 Å². The van der Waals surface area contributed by atoms with Gasteiger partial charge in [-0.3, -0.25) is 4.90 Å². The van der Waals surface area contributed by atoms with E-state index in [0.717, 1.165) is 18.0 Å². The molecule has 0 bridgehead atoms. The number of nitrogens with one attached hydrogen (secondary N) is 1. The monoisotopic (exact) mass is 256 g/mol. The zero-order valence-corrected chi connectivity index (χ0v) is 11.6. The van der Waals surface area contributed by atoms with Crippen LogP contribution in [-0.4, -0.2) is 36.6 Å². The van der Waals surface area contributed by atoms with E-state index in [2.05, 4.69) is 34.5 Å². The summed E-state index contributed by atoms with van der Waals surface area (Å²) in [4.78, 5) is 2.72. The molecule has 2 heterocycles. The standard InChI is InChI=1S/C17H24N2/c1-2-6-15-13(5-1)11-14(15)12-18-16-8-10-19-9-4-3-7-17(16)19/h1-2,5-6,14,16-18H,3-4,7-12H2. The van der Waals surface area contributed by atoms with Gasteiger partial charge in [-0.25, -0.2) is 0 Å². The largest absolute Gasteiger partial charge is 0.312 e. The van der Waals surface area contributed by atoms with Crippen molar-refractivity contribution in [3.63, 3.8) is 0 Å². The molecule has 2 aliphatic heterocycles. The van der Waals surface area contributed by atoms with Gasteiger partial charge in [0.2, 0.25) is 0 Å². The second-order valence-electron chi connectivity index (χ2n) is 6.50. The smallest absolute Gasteiger partial charge is 0.0249 e. The highest BCUT2D eigenvalue weighted by atomic mass is 15.2. The van der Waals surface area contributed by atoms with Crippen LogP contribution in [0.4, 0.5) is 0 Å². The molecule has 19 heavy (non-hydrogen) atoms. The Hall–Kier alpha value is -0.860. The number of benzene rings is 1. The van der Waals surface area contributed by atoms with Crippen molar-refractivity contribution in [2.45, 2.75) is 50.1 Å². The van der Waals surface area contributed by atoms with Crippen LogP contribution in [-0.2, 0) is 6.42 Å². The molecular weight excluding hydrogens is 232 g/mol. The zero-order chi connectivity index (χ0) is 12.7. The summed E-state index contributed by atoms with van der Waals surface area (Å²) in [5, 5.41) is 3.88. The zero-order valence-electron chi connectivity index (χ0n) is 11.6. The Balaban J connectivity index is 1.34. The van der Waals surface area contributed by atoms with E-state index >= 15 is 0 Å². The molecule has 2 nitrogen and oxygen atoms in total. The Morgan fingerprint density at radius 2 is 2.05 bits per heavy atom. The van der Waals surface area contributed by atoms with Gasteiger partial charge >= 0.3 is 0 Å². The first-order valence-corrected chi connectivity index (χ1v) is 7.97. The maximum atomic E-state index is 3.88. The lowest BCUT2D eigenvalue weighted by Gasteiger charge is -2.35. The van der Waals surface area contributed by atoms with Gasteiger partial charge in [0.1, 0.15) is 0 Å². The van der Waals surface area contributed by atoms with E-state index in [-0.39, 0.29) is 0 Å². The lowest BCUT2D eigenvalue weighted by Crippen LogP contribution is -2.46. The molecule has 3 unspecified atom stereocenters. The molecule has 3 atom stereocenters. The lowest BCUT2D eigenvalue weighted by atomic mass is 9.77. The molecule has 0 amide bonds. The Bertz CT molecular complexity index is 456. The highest BCUT2D eigenvalue weighted by molar-refractivity contribution is 5.40. The molecule has 2 saturated heterocycles. The van der Waals surface area contributed by atoms with Gasteiger partial charge in [-0.1, -0.05) is 30.7 Å². The van der Waals surface area contributed by atoms with Crippen LogP contribution in [0.2, 0.25) is 0 Å². The summed E-state index contributed by atoms with van der Waals surface area (Å²) in [7, 11) is 0. The number of hydrogen-bond donors (Lipinski definition) is 1. The van der Waals surface area contributed by atoms with Gasteiger partial charge in [-0.15, -0.1) is 0 Å². The Morgan fingerprint density at radius 3 is 3.00 bits per heavy atom. The minimum Gasteiger partial charge on any atom is -0.312 e. The van der Waals surface area contributed by atoms with Crippen molar-refractivity contribution in [3.8, 4) is 0 Å². The first kappa shape index (κ1) is 11.9. The van der Waals surface area contributed by atoms with Crippen molar-refractivity contribution >= 4 is 0 Å². The fourth-order valence-corrected chi connectivity index (χ4v) is 4.32. The molecule has 0 aromatic heterocycles. The molecule has 1 aliphatic carbocycles. The third-order valence-electron chi connectivity index (χ3n) is 5.44. The van der Waals surface area contributed by atoms with E-state index in [1.807, 2.05) is 0 Å². The van der Waals surface area contributed by atoms with E-state index < -0.39 is 0 Å². The highest BCUT2D eigenvalue weighted by Crippen LogP contribution is 2.35. The van der Waals surface area contributed by atoms with Crippen LogP contribution in [0.3, 0.4) is 0 Å². The van der Waals surface area contributed by atoms with E-state index in [9.17, 15) is 0 Å². The normalized spacial score (nSPS) is 33.6. The van der Waals surface area contributed by atoms with Crippen molar-refractivity contribution in [2.75, 3.05) is 19.6 Å². The predicted molar refractivity (Wildman–Crippen MR) is 78.5 cm³/mol. The molecule has 2 heteroatoms. The Morgan fingerprint density at radius 1 is 1.11 bits per heavy atom. The van der Waals surface area contributed by atoms with Crippen molar-refractivity contribution in [3.05, 3.63) is 35.4 Å². The van der Waals surface area contributed by atoms with Crippen LogP contribution in [0.25, 0.3) is 0 Å². The molecule has 1 N–H and O–H groups in total. The Kier molecular flexibility index (Phi) is 3.08. The van der Waals surface area contributed by atoms with Crippen LogP contribution < -0.4 is 5.32 Å². The van der Waals surface area contributed by atoms with E-state index in [4.69, 9.17) is 0 Å². The fourth-order valence-electron chi connectivity index (χ4n) is 4.32. The molecule has 2 fully saturated rings. The first-order chi connectivity index (χ1) is 9.42. The number of piperidine rings is 1. The Labute approximate surface area is 116 Å². The SMILES string of the molecule is c1ccc2c(c1)CC2CNC1CCN2CCCCC12. The number of nitrogens with zero attached hydrogens (tertiary/aromatic N) is 1. The van der Waals surface area contributed by atoms with Crippen molar-refractivity contribution in [1.82, 2.24) is 10.2 Å². The van der Waals surface area contributed by atoms with Crippen molar-refractivity contribution < 1.29 is 0 Å². The molecule has 0 spiro atoms. The number of fused-ring (bicyclic) bond motifs is 2. The van der Waals surface area contributed by atoms with E-state index in [0.29, 0.717) is 0 Å². The lowest BCUT2D eigenvalue weighted by molar-refractivity contribution is 0.179. The first-order valence-electron chi connectivity index (χ1n) is 7.97. The molecule has 102 valence electrons. The van der Waals surface area contributed by atoms with Gasteiger partial charge in [0.25, 0.3) is 0 Å². The van der Waals surface area contributed by atoms with Crippen molar-refractivity contribution in [1.29, 1.82) is 0 Å². The van der Waals surface area contributed by atoms with Gasteiger partial charge in [0.05, 0.1) is 0 Å². The van der Waals surface area contributed by atoms with Gasteiger partial charge in [0.15, 0.2) is 0 Å². The topological polar surface area (TPSA) is 15.3 Å². The highest BCUT2D eigenvalue weighted by Gasteiger charge is 2.36. The maximum absolute atomic E-state index is 3.88. The number of rotatable bonds is 3. The van der Waals surface area contributed by atoms with Crippen LogP contribution >= 0.6 is 0 Å². The third kappa shape index (κ3) is 2.11. The fraction of sp³-hybridized carbons (Fsp3) is 0.647. The summed E-state index contributed by atoms with van der Waals surface area (Å²) < 4.78 is 0. The summed E-state index contributed by atoms with van der Waals surface area (Å²) in [6.45, 7) is 3.85. The molecule has 1 aromatic rings. The summed E-state index contributed by atoms with van der Waals surface area (Å²) >= 11 is 0. The summed E-state index contributed by atoms with van der Waals surface area (Å²) in [6, 6.07) is 10.5. The predicted octanol–water partition coefficient (Wildman–Crippen LogP) is 2.54. The van der Waals surface area contributed by atoms with Crippen LogP contribution in [0, 0.1) is 0 Å². The van der Waals surface area contributed by atoms with Gasteiger partial charge in [-0.05, 0) is 43.4 Å².